The van der Waals surface area contributed by atoms with Gasteiger partial charge < -0.3 is 18.3 Å². The molecule has 0 aromatic heterocycles. The lowest BCUT2D eigenvalue weighted by Crippen LogP contribution is -2.61. The smallest absolute Gasteiger partial charge is 0.184 e. The first-order valence-electron chi connectivity index (χ1n) is 13.0. The Balaban J connectivity index is 2.20. The van der Waals surface area contributed by atoms with E-state index in [1.165, 1.54) is 11.1 Å². The van der Waals surface area contributed by atoms with E-state index < -0.39 is 16.6 Å². The first kappa shape index (κ1) is 27.9. The SMILES string of the molecule is C#CC[C@H]1CC2=CC(O[Si](C)(C)C)C3C(C)(C)CCC(O[Si](C)(C)C)C3(C)C2=C[C@H]1OCOC. The first-order valence-corrected chi connectivity index (χ1v) is 19.8. The van der Waals surface area contributed by atoms with Gasteiger partial charge in [0.15, 0.2) is 16.6 Å². The molecule has 0 N–H and O–H groups in total. The predicted octanol–water partition coefficient (Wildman–Crippen LogP) is 6.77. The highest BCUT2D eigenvalue weighted by Crippen LogP contribution is 2.63. The maximum Gasteiger partial charge on any atom is 0.184 e. The van der Waals surface area contributed by atoms with Crippen molar-refractivity contribution in [3.8, 4) is 12.3 Å². The van der Waals surface area contributed by atoms with Gasteiger partial charge in [-0.3, -0.25) is 0 Å². The zero-order valence-corrected chi connectivity index (χ0v) is 25.3. The van der Waals surface area contributed by atoms with Crippen molar-refractivity contribution in [2.75, 3.05) is 13.9 Å². The fourth-order valence-corrected chi connectivity index (χ4v) is 9.02. The van der Waals surface area contributed by atoms with Gasteiger partial charge in [0.25, 0.3) is 0 Å². The lowest BCUT2D eigenvalue weighted by atomic mass is 9.47. The molecule has 34 heavy (non-hydrogen) atoms. The van der Waals surface area contributed by atoms with Crippen LogP contribution in [0.1, 0.15) is 46.5 Å². The Labute approximate surface area is 211 Å². The van der Waals surface area contributed by atoms with E-state index in [-0.39, 0.29) is 41.9 Å². The number of hydrogen-bond acceptors (Lipinski definition) is 4. The Bertz CT molecular complexity index is 842. The molecule has 1 saturated carbocycles. The normalized spacial score (nSPS) is 35.5. The molecule has 0 saturated heterocycles. The molecule has 1 fully saturated rings. The van der Waals surface area contributed by atoms with E-state index in [4.69, 9.17) is 24.7 Å². The molecule has 4 unspecified atom stereocenters. The molecule has 0 aliphatic heterocycles. The van der Waals surface area contributed by atoms with Gasteiger partial charge in [-0.15, -0.1) is 12.3 Å². The molecular weight excluding hydrogens is 456 g/mol. The fraction of sp³-hybridized carbons (Fsp3) is 0.786. The molecule has 0 radical (unpaired) electrons. The number of fused-ring (bicyclic) bond motifs is 3. The monoisotopic (exact) mass is 504 g/mol. The van der Waals surface area contributed by atoms with E-state index in [2.05, 4.69) is 78.1 Å². The van der Waals surface area contributed by atoms with Gasteiger partial charge in [-0.25, -0.2) is 0 Å². The fourth-order valence-electron chi connectivity index (χ4n) is 6.78. The van der Waals surface area contributed by atoms with Crippen LogP contribution in [0.25, 0.3) is 0 Å². The van der Waals surface area contributed by atoms with Crippen molar-refractivity contribution in [3.63, 3.8) is 0 Å². The molecule has 6 heteroatoms. The molecule has 0 heterocycles. The van der Waals surface area contributed by atoms with E-state index in [9.17, 15) is 0 Å². The summed E-state index contributed by atoms with van der Waals surface area (Å²) >= 11 is 0. The summed E-state index contributed by atoms with van der Waals surface area (Å²) in [5.41, 5.74) is 2.78. The van der Waals surface area contributed by atoms with Crippen LogP contribution in [0, 0.1) is 35.0 Å². The first-order chi connectivity index (χ1) is 15.6. The molecule has 0 spiro atoms. The van der Waals surface area contributed by atoms with Crippen LogP contribution in [0.4, 0.5) is 0 Å². The quantitative estimate of drug-likeness (QED) is 0.208. The zero-order valence-electron chi connectivity index (χ0n) is 23.3. The van der Waals surface area contributed by atoms with Crippen molar-refractivity contribution in [1.82, 2.24) is 0 Å². The van der Waals surface area contributed by atoms with Crippen LogP contribution in [0.2, 0.25) is 39.3 Å². The molecule has 0 aromatic rings. The Hall–Kier alpha value is -0.686. The minimum Gasteiger partial charge on any atom is -0.414 e. The Kier molecular flexibility index (Phi) is 8.20. The predicted molar refractivity (Wildman–Crippen MR) is 146 cm³/mol. The van der Waals surface area contributed by atoms with Crippen LogP contribution in [-0.4, -0.2) is 48.8 Å². The summed E-state index contributed by atoms with van der Waals surface area (Å²) in [6.45, 7) is 21.4. The maximum atomic E-state index is 6.99. The van der Waals surface area contributed by atoms with Gasteiger partial charge in [-0.2, -0.15) is 0 Å². The third kappa shape index (κ3) is 5.82. The average Bonchev–Trinajstić information content (AvgIpc) is 2.67. The Morgan fingerprint density at radius 2 is 1.65 bits per heavy atom. The number of methoxy groups -OCH3 is 1. The van der Waals surface area contributed by atoms with E-state index in [1.807, 2.05) is 0 Å². The number of ether oxygens (including phenoxy) is 2. The molecule has 0 amide bonds. The highest BCUT2D eigenvalue weighted by Gasteiger charge is 2.60. The number of rotatable bonds is 8. The highest BCUT2D eigenvalue weighted by atomic mass is 28.4. The van der Waals surface area contributed by atoms with Gasteiger partial charge in [0.1, 0.15) is 6.79 Å². The number of hydrogen-bond donors (Lipinski definition) is 0. The number of allylic oxidation sites excluding steroid dienone is 1. The second-order valence-corrected chi connectivity index (χ2v) is 22.3. The van der Waals surface area contributed by atoms with Crippen LogP contribution >= 0.6 is 0 Å². The maximum absolute atomic E-state index is 6.99. The van der Waals surface area contributed by atoms with Gasteiger partial charge >= 0.3 is 0 Å². The van der Waals surface area contributed by atoms with Gasteiger partial charge in [0.05, 0.1) is 18.3 Å². The highest BCUT2D eigenvalue weighted by molar-refractivity contribution is 6.70. The summed E-state index contributed by atoms with van der Waals surface area (Å²) in [5, 5.41) is 0. The van der Waals surface area contributed by atoms with Gasteiger partial charge in [0.2, 0.25) is 0 Å². The largest absolute Gasteiger partial charge is 0.414 e. The molecule has 3 rings (SSSR count). The van der Waals surface area contributed by atoms with Crippen molar-refractivity contribution in [1.29, 1.82) is 0 Å². The second kappa shape index (κ2) is 9.99. The molecule has 3 aliphatic carbocycles. The molecular formula is C28H48O4Si2. The lowest BCUT2D eigenvalue weighted by Gasteiger charge is -2.62. The molecule has 0 bridgehead atoms. The van der Waals surface area contributed by atoms with E-state index >= 15 is 0 Å². The van der Waals surface area contributed by atoms with Crippen LogP contribution in [-0.2, 0) is 18.3 Å². The molecule has 6 atom stereocenters. The van der Waals surface area contributed by atoms with Crippen molar-refractivity contribution in [2.45, 2.75) is 104 Å². The van der Waals surface area contributed by atoms with E-state index in [1.54, 1.807) is 7.11 Å². The minimum atomic E-state index is -1.77. The molecule has 0 aromatic carbocycles. The van der Waals surface area contributed by atoms with E-state index in [0.717, 1.165) is 19.3 Å². The average molecular weight is 505 g/mol. The number of terminal acetylenes is 1. The van der Waals surface area contributed by atoms with Gasteiger partial charge in [-0.05, 0) is 75.1 Å². The minimum absolute atomic E-state index is 0.0485. The lowest BCUT2D eigenvalue weighted by molar-refractivity contribution is -0.111. The third-order valence-electron chi connectivity index (χ3n) is 7.85. The van der Waals surface area contributed by atoms with Crippen molar-refractivity contribution < 1.29 is 18.3 Å². The Morgan fingerprint density at radius 3 is 2.21 bits per heavy atom. The summed E-state index contributed by atoms with van der Waals surface area (Å²) in [7, 11) is -1.86. The van der Waals surface area contributed by atoms with E-state index in [0.29, 0.717) is 12.3 Å². The summed E-state index contributed by atoms with van der Waals surface area (Å²) < 4.78 is 25.4. The van der Waals surface area contributed by atoms with Gasteiger partial charge in [-0.1, -0.05) is 32.9 Å². The van der Waals surface area contributed by atoms with Crippen LogP contribution in [0.5, 0.6) is 0 Å². The summed E-state index contributed by atoms with van der Waals surface area (Å²) in [5.74, 6) is 3.47. The van der Waals surface area contributed by atoms with Crippen molar-refractivity contribution >= 4 is 16.6 Å². The van der Waals surface area contributed by atoms with Crippen molar-refractivity contribution in [2.24, 2.45) is 22.7 Å². The van der Waals surface area contributed by atoms with Crippen molar-refractivity contribution in [3.05, 3.63) is 23.3 Å². The summed E-state index contributed by atoms with van der Waals surface area (Å²) in [4.78, 5) is 0. The standard InChI is InChI=1S/C28H48O4Si2/c1-12-13-20-16-21-17-24(31-33(6,7)8)26-27(2,3)15-14-25(32-34(9,10)11)28(26,4)22(21)18-23(20)30-19-29-5/h1,17-18,20,23-26H,13-16,19H2,2-11H3/t20-,23+,24?,25?,26?,28?/m0/s1. The summed E-state index contributed by atoms with van der Waals surface area (Å²) in [6.07, 6.45) is 14.6. The topological polar surface area (TPSA) is 36.9 Å². The zero-order chi connectivity index (χ0) is 25.5. The molecule has 3 aliphatic rings. The molecule has 192 valence electrons. The summed E-state index contributed by atoms with van der Waals surface area (Å²) in [6, 6.07) is 0. The van der Waals surface area contributed by atoms with Crippen LogP contribution < -0.4 is 0 Å². The second-order valence-electron chi connectivity index (χ2n) is 13.4. The Morgan fingerprint density at radius 1 is 1.00 bits per heavy atom. The molecule has 4 nitrogen and oxygen atoms in total. The van der Waals surface area contributed by atoms with Crippen LogP contribution in [0.3, 0.4) is 0 Å². The van der Waals surface area contributed by atoms with Gasteiger partial charge in [0, 0.05) is 30.8 Å². The van der Waals surface area contributed by atoms with Crippen LogP contribution in [0.15, 0.2) is 23.3 Å². The third-order valence-corrected chi connectivity index (χ3v) is 9.82.